The largest absolute Gasteiger partial charge is 0.461 e. The van der Waals surface area contributed by atoms with Crippen molar-refractivity contribution in [3.63, 3.8) is 0 Å². The first-order valence-corrected chi connectivity index (χ1v) is 11.5. The number of nitrogens with two attached hydrogens (primary N) is 1. The van der Waals surface area contributed by atoms with Crippen LogP contribution >= 0.6 is 0 Å². The van der Waals surface area contributed by atoms with Gasteiger partial charge in [0.15, 0.2) is 9.84 Å². The molecule has 0 unspecified atom stereocenters. The Kier molecular flexibility index (Phi) is 5.41. The Morgan fingerprint density at radius 1 is 1.31 bits per heavy atom. The maximum atomic E-state index is 13.0. The van der Waals surface area contributed by atoms with E-state index in [4.69, 9.17) is 10.5 Å². The summed E-state index contributed by atoms with van der Waals surface area (Å²) >= 11 is 0. The molecular formula is C21H23FN4O5S. The van der Waals surface area contributed by atoms with E-state index in [9.17, 15) is 17.6 Å². The maximum Gasteiger partial charge on any atom is 0.274 e. The number of anilines is 1. The first kappa shape index (κ1) is 22.2. The number of alkyl halides is 1. The van der Waals surface area contributed by atoms with Crippen LogP contribution in [0.5, 0.6) is 5.75 Å². The molecule has 2 aliphatic heterocycles. The number of benzene rings is 1. The Morgan fingerprint density at radius 2 is 2.09 bits per heavy atom. The Balaban J connectivity index is 1.67. The summed E-state index contributed by atoms with van der Waals surface area (Å²) in [5.41, 5.74) is 6.86. The van der Waals surface area contributed by atoms with E-state index < -0.39 is 32.9 Å². The van der Waals surface area contributed by atoms with Gasteiger partial charge in [-0.3, -0.25) is 9.79 Å². The number of ether oxygens (including phenoxy) is 2. The zero-order valence-electron chi connectivity index (χ0n) is 17.6. The second-order valence-corrected chi connectivity index (χ2v) is 10.8. The number of halogens is 1. The van der Waals surface area contributed by atoms with E-state index in [1.54, 1.807) is 18.2 Å². The first-order chi connectivity index (χ1) is 15.1. The van der Waals surface area contributed by atoms with Crippen molar-refractivity contribution in [3.05, 3.63) is 53.3 Å². The summed E-state index contributed by atoms with van der Waals surface area (Å²) in [6.07, 6.45) is 1.25. The fraction of sp³-hybridized carbons (Fsp3) is 0.381. The van der Waals surface area contributed by atoms with Crippen molar-refractivity contribution in [1.29, 1.82) is 0 Å². The molecule has 1 amide bonds. The molecule has 0 aliphatic carbocycles. The second-order valence-electron chi connectivity index (χ2n) is 8.25. The molecular weight excluding hydrogens is 439 g/mol. The third kappa shape index (κ3) is 3.71. The van der Waals surface area contributed by atoms with Crippen LogP contribution in [0.1, 0.15) is 35.5 Å². The van der Waals surface area contributed by atoms with Gasteiger partial charge in [-0.05, 0) is 49.2 Å². The lowest BCUT2D eigenvalue weighted by Crippen LogP contribution is -2.57. The fourth-order valence-corrected chi connectivity index (χ4v) is 5.40. The molecule has 1 spiro atoms. The highest BCUT2D eigenvalue weighted by Gasteiger charge is 2.52. The van der Waals surface area contributed by atoms with E-state index in [2.05, 4.69) is 20.0 Å². The summed E-state index contributed by atoms with van der Waals surface area (Å²) < 4.78 is 47.3. The average Bonchev–Trinajstić information content (AvgIpc) is 2.74. The van der Waals surface area contributed by atoms with Crippen molar-refractivity contribution in [2.24, 2.45) is 10.7 Å². The number of nitrogens with zero attached hydrogens (tertiary/aromatic N) is 2. The van der Waals surface area contributed by atoms with Crippen molar-refractivity contribution >= 4 is 27.3 Å². The van der Waals surface area contributed by atoms with E-state index in [0.29, 0.717) is 17.9 Å². The molecule has 1 aromatic heterocycles. The van der Waals surface area contributed by atoms with Crippen LogP contribution in [0.15, 0.2) is 41.5 Å². The number of amidine groups is 1. The Morgan fingerprint density at radius 3 is 2.75 bits per heavy atom. The van der Waals surface area contributed by atoms with Gasteiger partial charge in [0.2, 0.25) is 6.86 Å². The van der Waals surface area contributed by atoms with Crippen LogP contribution in [-0.4, -0.2) is 49.1 Å². The van der Waals surface area contributed by atoms with Gasteiger partial charge in [0.1, 0.15) is 27.6 Å². The van der Waals surface area contributed by atoms with Gasteiger partial charge in [0.25, 0.3) is 5.91 Å². The zero-order chi connectivity index (χ0) is 23.1. The van der Waals surface area contributed by atoms with Gasteiger partial charge < -0.3 is 20.5 Å². The molecule has 9 nitrogen and oxygen atoms in total. The number of sulfone groups is 1. The van der Waals surface area contributed by atoms with Crippen molar-refractivity contribution in [2.75, 3.05) is 24.5 Å². The number of carbonyl (C=O) groups excluding carboxylic acids is 1. The zero-order valence-corrected chi connectivity index (χ0v) is 18.4. The number of rotatable bonds is 4. The van der Waals surface area contributed by atoms with Gasteiger partial charge >= 0.3 is 0 Å². The third-order valence-electron chi connectivity index (χ3n) is 5.82. The minimum Gasteiger partial charge on any atom is -0.461 e. The van der Waals surface area contributed by atoms with Gasteiger partial charge in [-0.15, -0.1) is 0 Å². The highest BCUT2D eigenvalue weighted by atomic mass is 32.2. The molecule has 3 heterocycles. The number of hydrogen-bond donors (Lipinski definition) is 2. The number of fused-ring (bicyclic) bond motifs is 2. The molecule has 11 heteroatoms. The lowest BCUT2D eigenvalue weighted by Gasteiger charge is -2.42. The van der Waals surface area contributed by atoms with Crippen LogP contribution in [0.25, 0.3) is 0 Å². The van der Waals surface area contributed by atoms with Crippen LogP contribution in [0.3, 0.4) is 0 Å². The van der Waals surface area contributed by atoms with Crippen molar-refractivity contribution < 1.29 is 27.1 Å². The molecule has 0 bridgehead atoms. The van der Waals surface area contributed by atoms with Gasteiger partial charge in [-0.25, -0.2) is 17.8 Å². The van der Waals surface area contributed by atoms with Crippen LogP contribution in [-0.2, 0) is 26.7 Å². The lowest BCUT2D eigenvalue weighted by molar-refractivity contribution is 0.0610. The van der Waals surface area contributed by atoms with Gasteiger partial charge in [-0.1, -0.05) is 6.07 Å². The molecule has 32 heavy (non-hydrogen) atoms. The summed E-state index contributed by atoms with van der Waals surface area (Å²) in [5, 5.41) is 2.74. The summed E-state index contributed by atoms with van der Waals surface area (Å²) in [7, 11) is -3.62. The number of aliphatic imine (C=N–C) groups is 1. The monoisotopic (exact) mass is 462 g/mol. The number of carbonyl (C=O) groups is 1. The quantitative estimate of drug-likeness (QED) is 0.709. The molecule has 4 rings (SSSR count). The van der Waals surface area contributed by atoms with Crippen LogP contribution in [0.2, 0.25) is 0 Å². The SMILES string of the molecule is CC1(C)C(N)=N[C@@]2(COCc3ccc(NC(=O)c4ccc(OCF)cn4)cc32)CS1(=O)=O. The second kappa shape index (κ2) is 7.82. The van der Waals surface area contributed by atoms with Crippen LogP contribution in [0.4, 0.5) is 10.1 Å². The number of hydrogen-bond acceptors (Lipinski definition) is 8. The molecule has 2 aromatic rings. The topological polar surface area (TPSA) is 133 Å². The molecule has 170 valence electrons. The fourth-order valence-electron chi connectivity index (χ4n) is 3.74. The molecule has 1 aromatic carbocycles. The van der Waals surface area contributed by atoms with Crippen molar-refractivity contribution in [1.82, 2.24) is 4.98 Å². The summed E-state index contributed by atoms with van der Waals surface area (Å²) in [5.74, 6) is -0.514. The highest BCUT2D eigenvalue weighted by molar-refractivity contribution is 7.93. The van der Waals surface area contributed by atoms with Crippen molar-refractivity contribution in [3.8, 4) is 5.75 Å². The predicted molar refractivity (Wildman–Crippen MR) is 116 cm³/mol. The molecule has 1 atom stereocenters. The minimum atomic E-state index is -3.62. The van der Waals surface area contributed by atoms with Crippen LogP contribution < -0.4 is 15.8 Å². The molecule has 0 saturated heterocycles. The lowest BCUT2D eigenvalue weighted by atomic mass is 9.86. The molecule has 0 radical (unpaired) electrons. The number of aromatic nitrogens is 1. The normalized spacial score (nSPS) is 23.2. The van der Waals surface area contributed by atoms with E-state index in [1.807, 2.05) is 0 Å². The molecule has 2 aliphatic rings. The van der Waals surface area contributed by atoms with Gasteiger partial charge in [-0.2, -0.15) is 0 Å². The highest BCUT2D eigenvalue weighted by Crippen LogP contribution is 2.42. The van der Waals surface area contributed by atoms with Gasteiger partial charge in [0.05, 0.1) is 25.2 Å². The number of nitrogens with one attached hydrogen (secondary N) is 1. The van der Waals surface area contributed by atoms with E-state index >= 15 is 0 Å². The Hall–Kier alpha value is -3.05. The minimum absolute atomic E-state index is 0.0226. The molecule has 3 N–H and O–H groups in total. The van der Waals surface area contributed by atoms with E-state index in [-0.39, 0.29) is 29.6 Å². The van der Waals surface area contributed by atoms with Crippen LogP contribution in [0, 0.1) is 0 Å². The Labute approximate surface area is 184 Å². The number of amides is 1. The third-order valence-corrected chi connectivity index (χ3v) is 8.44. The standard InChI is InChI=1S/C21H23FN4O5S/c1-20(2)19(23)26-21(11-32(20,28)29)10-30-9-13-3-4-14(7-16(13)21)25-18(27)17-6-5-15(8-24-17)31-12-22/h3-8H,9-12H2,1-2H3,(H2,23,26)(H,25,27)/t21-/m0/s1. The molecule has 0 fully saturated rings. The molecule has 0 saturated carbocycles. The predicted octanol–water partition coefficient (Wildman–Crippen LogP) is 1.93. The van der Waals surface area contributed by atoms with Crippen molar-refractivity contribution in [2.45, 2.75) is 30.7 Å². The Bertz CT molecular complexity index is 1200. The summed E-state index contributed by atoms with van der Waals surface area (Å²) in [6.45, 7) is 2.43. The smallest absolute Gasteiger partial charge is 0.274 e. The van der Waals surface area contributed by atoms with E-state index in [1.165, 1.54) is 32.2 Å². The maximum absolute atomic E-state index is 13.0. The van der Waals surface area contributed by atoms with Gasteiger partial charge in [0, 0.05) is 5.69 Å². The average molecular weight is 463 g/mol. The first-order valence-electron chi connectivity index (χ1n) is 9.83. The number of pyridine rings is 1. The van der Waals surface area contributed by atoms with E-state index in [0.717, 1.165) is 5.56 Å². The summed E-state index contributed by atoms with van der Waals surface area (Å²) in [4.78, 5) is 21.2. The summed E-state index contributed by atoms with van der Waals surface area (Å²) in [6, 6.07) is 7.99.